The third-order valence-electron chi connectivity index (χ3n) is 4.85. The van der Waals surface area contributed by atoms with Crippen molar-refractivity contribution in [2.75, 3.05) is 0 Å². The van der Waals surface area contributed by atoms with Gasteiger partial charge in [-0.05, 0) is 24.5 Å². The Hall–Kier alpha value is -1.32. The fourth-order valence-electron chi connectivity index (χ4n) is 3.24. The molecule has 152 valence electrons. The number of hydrogen-bond donors (Lipinski definition) is 0. The zero-order valence-corrected chi connectivity index (χ0v) is 16.7. The summed E-state index contributed by atoms with van der Waals surface area (Å²) in [5.41, 5.74) is -0.171. The normalized spacial score (nSPS) is 11.7. The Morgan fingerprint density at radius 1 is 0.615 bits per heavy atom. The van der Waals surface area contributed by atoms with Crippen LogP contribution in [-0.2, 0) is 9.59 Å². The smallest absolute Gasteiger partial charge is 0.0675 e. The molecule has 0 N–H and O–H groups in total. The van der Waals surface area contributed by atoms with Gasteiger partial charge in [-0.2, -0.15) is 0 Å². The van der Waals surface area contributed by atoms with Crippen LogP contribution in [0.3, 0.4) is 0 Å². The van der Waals surface area contributed by atoms with Crippen molar-refractivity contribution in [1.29, 1.82) is 0 Å². The van der Waals surface area contributed by atoms with Gasteiger partial charge >= 0.3 is 0 Å². The second-order valence-corrected chi connectivity index (χ2v) is 7.33. The van der Waals surface area contributed by atoms with Crippen LogP contribution in [0.25, 0.3) is 0 Å². The number of unbranched alkanes of at least 4 members (excludes halogenated alkanes) is 15. The van der Waals surface area contributed by atoms with E-state index in [0.29, 0.717) is 12.5 Å². The molecule has 0 atom stereocenters. The summed E-state index contributed by atoms with van der Waals surface area (Å²) in [7, 11) is 0. The van der Waals surface area contributed by atoms with E-state index in [1.165, 1.54) is 83.5 Å². The minimum absolute atomic E-state index is 0.171. The average Bonchev–Trinajstić information content (AvgIpc) is 2.59. The Labute approximate surface area is 160 Å². The zero-order valence-electron chi connectivity index (χ0n) is 16.7. The number of aliphatic carboxylic acids is 2. The van der Waals surface area contributed by atoms with Crippen molar-refractivity contribution in [1.82, 2.24) is 0 Å². The molecule has 0 spiro atoms. The minimum atomic E-state index is -1.47. The first-order valence-corrected chi connectivity index (χ1v) is 10.7. The van der Waals surface area contributed by atoms with Gasteiger partial charge in [0.2, 0.25) is 0 Å². The molecule has 0 aliphatic carbocycles. The van der Waals surface area contributed by atoms with E-state index in [2.05, 4.69) is 6.92 Å². The maximum absolute atomic E-state index is 10.8. The molecule has 0 heterocycles. The maximum atomic E-state index is 10.8. The van der Waals surface area contributed by atoms with Crippen molar-refractivity contribution in [3.63, 3.8) is 0 Å². The summed E-state index contributed by atoms with van der Waals surface area (Å²) < 4.78 is 0. The molecule has 0 amide bonds. The predicted octanol–water partition coefficient (Wildman–Crippen LogP) is 4.06. The van der Waals surface area contributed by atoms with Gasteiger partial charge in [-0.15, -0.1) is 0 Å². The van der Waals surface area contributed by atoms with Gasteiger partial charge in [0.05, 0.1) is 11.9 Å². The molecular formula is C22H38O4-2. The van der Waals surface area contributed by atoms with Gasteiger partial charge in [-0.3, -0.25) is 0 Å². The topological polar surface area (TPSA) is 80.3 Å². The molecule has 0 aliphatic rings. The molecule has 0 fully saturated rings. The molecule has 0 aromatic rings. The molecule has 4 nitrogen and oxygen atoms in total. The summed E-state index contributed by atoms with van der Waals surface area (Å²) in [5, 5.41) is 21.2. The average molecular weight is 367 g/mol. The molecular weight excluding hydrogens is 328 g/mol. The van der Waals surface area contributed by atoms with E-state index in [1.54, 1.807) is 0 Å². The van der Waals surface area contributed by atoms with Gasteiger partial charge in [-0.1, -0.05) is 103 Å². The summed E-state index contributed by atoms with van der Waals surface area (Å²) in [4.78, 5) is 21.2. The molecule has 0 radical (unpaired) electrons. The second kappa shape index (κ2) is 18.5. The number of carbonyl (C=O) groups is 2. The van der Waals surface area contributed by atoms with Crippen LogP contribution in [0.15, 0.2) is 11.6 Å². The van der Waals surface area contributed by atoms with Crippen molar-refractivity contribution in [2.24, 2.45) is 0 Å². The van der Waals surface area contributed by atoms with Crippen LogP contribution >= 0.6 is 0 Å². The van der Waals surface area contributed by atoms with E-state index in [0.717, 1.165) is 12.8 Å². The highest BCUT2D eigenvalue weighted by Crippen LogP contribution is 2.15. The summed E-state index contributed by atoms with van der Waals surface area (Å²) in [6, 6.07) is 0. The van der Waals surface area contributed by atoms with Gasteiger partial charge in [0, 0.05) is 0 Å². The van der Waals surface area contributed by atoms with E-state index >= 15 is 0 Å². The zero-order chi connectivity index (χ0) is 19.5. The highest BCUT2D eigenvalue weighted by molar-refractivity contribution is 5.92. The lowest BCUT2D eigenvalue weighted by Crippen LogP contribution is -2.27. The van der Waals surface area contributed by atoms with Crippen LogP contribution < -0.4 is 10.2 Å². The highest BCUT2D eigenvalue weighted by Gasteiger charge is 1.99. The van der Waals surface area contributed by atoms with E-state index in [4.69, 9.17) is 0 Å². The SMILES string of the molecule is CCCCCCCCCCCCCCCCCCC(=CC(=O)[O-])C(=O)[O-]. The molecule has 0 unspecified atom stereocenters. The van der Waals surface area contributed by atoms with Crippen LogP contribution in [0, 0.1) is 0 Å². The Morgan fingerprint density at radius 3 is 1.27 bits per heavy atom. The van der Waals surface area contributed by atoms with Crippen molar-refractivity contribution < 1.29 is 19.8 Å². The standard InChI is InChI=1S/C22H40O4/c1-2-3-4-5-6-7-8-9-10-11-12-13-14-15-16-17-18-20(22(25)26)19-21(23)24/h19H,2-18H2,1H3,(H,23,24)(H,25,26)/p-2. The van der Waals surface area contributed by atoms with Crippen LogP contribution in [0.2, 0.25) is 0 Å². The molecule has 0 aliphatic heterocycles. The number of carbonyl (C=O) groups excluding carboxylic acids is 2. The first-order chi connectivity index (χ1) is 12.6. The van der Waals surface area contributed by atoms with Gasteiger partial charge in [0.25, 0.3) is 0 Å². The number of rotatable bonds is 19. The van der Waals surface area contributed by atoms with E-state index in [9.17, 15) is 19.8 Å². The largest absolute Gasteiger partial charge is 0.545 e. The Bertz CT molecular complexity index is 388. The van der Waals surface area contributed by atoms with Crippen LogP contribution in [0.4, 0.5) is 0 Å². The number of carboxylic acids is 2. The lowest BCUT2D eigenvalue weighted by Gasteiger charge is -2.09. The molecule has 0 aromatic carbocycles. The first-order valence-electron chi connectivity index (χ1n) is 10.7. The predicted molar refractivity (Wildman–Crippen MR) is 102 cm³/mol. The number of carboxylic acid groups (broad SMARTS) is 2. The maximum Gasteiger partial charge on any atom is 0.0675 e. The fourth-order valence-corrected chi connectivity index (χ4v) is 3.24. The third-order valence-corrected chi connectivity index (χ3v) is 4.85. The van der Waals surface area contributed by atoms with Crippen LogP contribution in [-0.4, -0.2) is 11.9 Å². The fraction of sp³-hybridized carbons (Fsp3) is 0.818. The Balaban J connectivity index is 3.31. The van der Waals surface area contributed by atoms with Crippen LogP contribution in [0.5, 0.6) is 0 Å². The van der Waals surface area contributed by atoms with E-state index < -0.39 is 11.9 Å². The Morgan fingerprint density at radius 2 is 0.962 bits per heavy atom. The lowest BCUT2D eigenvalue weighted by atomic mass is 10.0. The lowest BCUT2D eigenvalue weighted by molar-refractivity contribution is -0.303. The number of hydrogen-bond acceptors (Lipinski definition) is 4. The van der Waals surface area contributed by atoms with Gasteiger partial charge in [-0.25, -0.2) is 0 Å². The van der Waals surface area contributed by atoms with Gasteiger partial charge in [0.1, 0.15) is 0 Å². The second-order valence-electron chi connectivity index (χ2n) is 7.33. The van der Waals surface area contributed by atoms with Crippen LogP contribution in [0.1, 0.15) is 116 Å². The summed E-state index contributed by atoms with van der Waals surface area (Å²) in [6.07, 6.45) is 21.0. The summed E-state index contributed by atoms with van der Waals surface area (Å²) >= 11 is 0. The molecule has 0 rings (SSSR count). The highest BCUT2D eigenvalue weighted by atomic mass is 16.4. The summed E-state index contributed by atoms with van der Waals surface area (Å²) in [5.74, 6) is -2.88. The molecule has 0 bridgehead atoms. The molecule has 4 heteroatoms. The van der Waals surface area contributed by atoms with Crippen molar-refractivity contribution >= 4 is 11.9 Å². The monoisotopic (exact) mass is 366 g/mol. The van der Waals surface area contributed by atoms with E-state index in [1.807, 2.05) is 0 Å². The molecule has 0 saturated heterocycles. The Kier molecular flexibility index (Phi) is 17.5. The molecule has 0 saturated carbocycles. The van der Waals surface area contributed by atoms with E-state index in [-0.39, 0.29) is 12.0 Å². The van der Waals surface area contributed by atoms with Gasteiger partial charge in [0.15, 0.2) is 0 Å². The molecule has 26 heavy (non-hydrogen) atoms. The summed E-state index contributed by atoms with van der Waals surface area (Å²) in [6.45, 7) is 2.25. The van der Waals surface area contributed by atoms with Crippen molar-refractivity contribution in [2.45, 2.75) is 116 Å². The van der Waals surface area contributed by atoms with Gasteiger partial charge < -0.3 is 19.8 Å². The molecule has 0 aromatic heterocycles. The van der Waals surface area contributed by atoms with Crippen molar-refractivity contribution in [3.05, 3.63) is 11.6 Å². The van der Waals surface area contributed by atoms with Crippen molar-refractivity contribution in [3.8, 4) is 0 Å². The minimum Gasteiger partial charge on any atom is -0.545 e. The first kappa shape index (κ1) is 24.7. The third kappa shape index (κ3) is 17.5. The quantitative estimate of drug-likeness (QED) is 0.255.